The van der Waals surface area contributed by atoms with Crippen LogP contribution in [0.25, 0.3) is 0 Å². The lowest BCUT2D eigenvalue weighted by Gasteiger charge is -2.33. The number of hydrogen-bond acceptors (Lipinski definition) is 4. The summed E-state index contributed by atoms with van der Waals surface area (Å²) in [6.07, 6.45) is 2.94. The van der Waals surface area contributed by atoms with Gasteiger partial charge in [0.1, 0.15) is 0 Å². The van der Waals surface area contributed by atoms with Crippen LogP contribution in [0.4, 0.5) is 0 Å². The molecule has 2 heterocycles. The summed E-state index contributed by atoms with van der Waals surface area (Å²) in [4.78, 5) is 0. The van der Waals surface area contributed by atoms with Crippen LogP contribution in [0.1, 0.15) is 19.3 Å². The highest BCUT2D eigenvalue weighted by Gasteiger charge is 2.29. The van der Waals surface area contributed by atoms with Crippen molar-refractivity contribution in [2.75, 3.05) is 32.7 Å². The van der Waals surface area contributed by atoms with E-state index in [0.29, 0.717) is 6.04 Å². The highest BCUT2D eigenvalue weighted by molar-refractivity contribution is 4.88. The minimum absolute atomic E-state index is 0.464. The zero-order chi connectivity index (χ0) is 9.86. The van der Waals surface area contributed by atoms with E-state index in [1.807, 2.05) is 0 Å². The zero-order valence-corrected chi connectivity index (χ0v) is 8.68. The van der Waals surface area contributed by atoms with Crippen LogP contribution in [-0.4, -0.2) is 49.5 Å². The first-order valence-electron chi connectivity index (χ1n) is 5.66. The summed E-state index contributed by atoms with van der Waals surface area (Å²) in [6, 6.07) is 0.564. The standard InChI is InChI=1S/C10H21N3O/c14-10(2-5-11-6-3-10)8-13-9-1-4-12-7-9/h9,11-14H,1-8H2. The molecule has 1 atom stereocenters. The molecule has 0 radical (unpaired) electrons. The predicted molar refractivity (Wildman–Crippen MR) is 56.3 cm³/mol. The van der Waals surface area contributed by atoms with E-state index in [2.05, 4.69) is 16.0 Å². The molecule has 2 aliphatic heterocycles. The van der Waals surface area contributed by atoms with Crippen LogP contribution >= 0.6 is 0 Å². The second-order valence-electron chi connectivity index (χ2n) is 4.54. The minimum atomic E-state index is -0.464. The van der Waals surface area contributed by atoms with Gasteiger partial charge in [-0.25, -0.2) is 0 Å². The third-order valence-corrected chi connectivity index (χ3v) is 3.31. The first-order chi connectivity index (χ1) is 6.79. The molecule has 0 amide bonds. The van der Waals surface area contributed by atoms with Crippen molar-refractivity contribution in [2.24, 2.45) is 0 Å². The second-order valence-corrected chi connectivity index (χ2v) is 4.54. The quantitative estimate of drug-likeness (QED) is 0.473. The van der Waals surface area contributed by atoms with E-state index in [-0.39, 0.29) is 0 Å². The van der Waals surface area contributed by atoms with E-state index in [1.165, 1.54) is 6.42 Å². The molecule has 0 bridgehead atoms. The second kappa shape index (κ2) is 4.57. The smallest absolute Gasteiger partial charge is 0.0795 e. The largest absolute Gasteiger partial charge is 0.388 e. The van der Waals surface area contributed by atoms with Gasteiger partial charge in [-0.1, -0.05) is 0 Å². The van der Waals surface area contributed by atoms with Crippen LogP contribution in [0, 0.1) is 0 Å². The molecule has 1 unspecified atom stereocenters. The van der Waals surface area contributed by atoms with E-state index >= 15 is 0 Å². The van der Waals surface area contributed by atoms with E-state index < -0.39 is 5.60 Å². The van der Waals surface area contributed by atoms with Gasteiger partial charge in [0, 0.05) is 19.1 Å². The van der Waals surface area contributed by atoms with Crippen molar-refractivity contribution in [1.29, 1.82) is 0 Å². The third kappa shape index (κ3) is 2.67. The molecule has 0 aromatic carbocycles. The number of aliphatic hydroxyl groups is 1. The molecule has 0 aromatic heterocycles. The molecule has 0 spiro atoms. The van der Waals surface area contributed by atoms with Crippen LogP contribution in [0.5, 0.6) is 0 Å². The van der Waals surface area contributed by atoms with Crippen molar-refractivity contribution in [3.05, 3.63) is 0 Å². The van der Waals surface area contributed by atoms with Crippen LogP contribution < -0.4 is 16.0 Å². The summed E-state index contributed by atoms with van der Waals surface area (Å²) >= 11 is 0. The van der Waals surface area contributed by atoms with E-state index in [9.17, 15) is 5.11 Å². The summed E-state index contributed by atoms with van der Waals surface area (Å²) < 4.78 is 0. The number of nitrogens with one attached hydrogen (secondary N) is 3. The van der Waals surface area contributed by atoms with Gasteiger partial charge in [0.25, 0.3) is 0 Å². The molecule has 2 saturated heterocycles. The van der Waals surface area contributed by atoms with Crippen LogP contribution in [0.15, 0.2) is 0 Å². The Morgan fingerprint density at radius 2 is 2.00 bits per heavy atom. The highest BCUT2D eigenvalue weighted by Crippen LogP contribution is 2.17. The summed E-state index contributed by atoms with van der Waals surface area (Å²) in [7, 11) is 0. The first-order valence-corrected chi connectivity index (χ1v) is 5.66. The van der Waals surface area contributed by atoms with Crippen molar-refractivity contribution in [3.8, 4) is 0 Å². The molecule has 4 nitrogen and oxygen atoms in total. The fourth-order valence-electron chi connectivity index (χ4n) is 2.23. The Hall–Kier alpha value is -0.160. The lowest BCUT2D eigenvalue weighted by molar-refractivity contribution is 0.00929. The number of piperidine rings is 1. The normalized spacial score (nSPS) is 31.9. The van der Waals surface area contributed by atoms with Gasteiger partial charge in [-0.05, 0) is 38.9 Å². The Bertz CT molecular complexity index is 174. The molecule has 82 valence electrons. The van der Waals surface area contributed by atoms with Crippen molar-refractivity contribution < 1.29 is 5.11 Å². The molecule has 0 aliphatic carbocycles. The molecular weight excluding hydrogens is 178 g/mol. The van der Waals surface area contributed by atoms with Gasteiger partial charge in [0.2, 0.25) is 0 Å². The summed E-state index contributed by atoms with van der Waals surface area (Å²) in [5, 5.41) is 20.2. The SMILES string of the molecule is OC1(CNC2CCNC2)CCNCC1. The molecule has 2 rings (SSSR count). The van der Waals surface area contributed by atoms with E-state index in [0.717, 1.165) is 45.6 Å². The molecule has 4 heteroatoms. The van der Waals surface area contributed by atoms with Crippen molar-refractivity contribution >= 4 is 0 Å². The van der Waals surface area contributed by atoms with Crippen LogP contribution in [0.2, 0.25) is 0 Å². The Morgan fingerprint density at radius 1 is 1.21 bits per heavy atom. The molecule has 0 saturated carbocycles. The lowest BCUT2D eigenvalue weighted by atomic mass is 9.92. The van der Waals surface area contributed by atoms with E-state index in [4.69, 9.17) is 0 Å². The third-order valence-electron chi connectivity index (χ3n) is 3.31. The Morgan fingerprint density at radius 3 is 2.64 bits per heavy atom. The monoisotopic (exact) mass is 199 g/mol. The number of rotatable bonds is 3. The molecule has 0 aromatic rings. The maximum absolute atomic E-state index is 10.2. The van der Waals surface area contributed by atoms with Gasteiger partial charge < -0.3 is 21.1 Å². The minimum Gasteiger partial charge on any atom is -0.388 e. The average molecular weight is 199 g/mol. The van der Waals surface area contributed by atoms with Gasteiger partial charge in [-0.15, -0.1) is 0 Å². The molecule has 2 aliphatic rings. The zero-order valence-electron chi connectivity index (χ0n) is 8.68. The lowest BCUT2D eigenvalue weighted by Crippen LogP contribution is -2.50. The van der Waals surface area contributed by atoms with Gasteiger partial charge in [0.05, 0.1) is 5.60 Å². The topological polar surface area (TPSA) is 56.3 Å². The first kappa shape index (κ1) is 10.4. The van der Waals surface area contributed by atoms with Crippen LogP contribution in [0.3, 0.4) is 0 Å². The van der Waals surface area contributed by atoms with Crippen molar-refractivity contribution in [1.82, 2.24) is 16.0 Å². The highest BCUT2D eigenvalue weighted by atomic mass is 16.3. The van der Waals surface area contributed by atoms with Gasteiger partial charge in [0.15, 0.2) is 0 Å². The Labute approximate surface area is 85.5 Å². The fourth-order valence-corrected chi connectivity index (χ4v) is 2.23. The Kier molecular flexibility index (Phi) is 3.38. The Balaban J connectivity index is 1.72. The molecule has 14 heavy (non-hydrogen) atoms. The average Bonchev–Trinajstić information content (AvgIpc) is 2.69. The van der Waals surface area contributed by atoms with Crippen molar-refractivity contribution in [3.63, 3.8) is 0 Å². The summed E-state index contributed by atoms with van der Waals surface area (Å²) in [5.41, 5.74) is -0.464. The molecule has 4 N–H and O–H groups in total. The van der Waals surface area contributed by atoms with Gasteiger partial charge in [-0.3, -0.25) is 0 Å². The summed E-state index contributed by atoms with van der Waals surface area (Å²) in [6.45, 7) is 4.80. The van der Waals surface area contributed by atoms with Gasteiger partial charge >= 0.3 is 0 Å². The maximum atomic E-state index is 10.2. The molecular formula is C10H21N3O. The van der Waals surface area contributed by atoms with Crippen LogP contribution in [-0.2, 0) is 0 Å². The van der Waals surface area contributed by atoms with Gasteiger partial charge in [-0.2, -0.15) is 0 Å². The summed E-state index contributed by atoms with van der Waals surface area (Å²) in [5.74, 6) is 0. The van der Waals surface area contributed by atoms with Crippen molar-refractivity contribution in [2.45, 2.75) is 30.9 Å². The van der Waals surface area contributed by atoms with E-state index in [1.54, 1.807) is 0 Å². The predicted octanol–water partition coefficient (Wildman–Crippen LogP) is -0.948. The fraction of sp³-hybridized carbons (Fsp3) is 1.00. The number of hydrogen-bond donors (Lipinski definition) is 4. The maximum Gasteiger partial charge on any atom is 0.0795 e. The molecule has 2 fully saturated rings.